The van der Waals surface area contributed by atoms with Gasteiger partial charge >= 0.3 is 5.97 Å². The molecule has 4 aromatic rings. The van der Waals surface area contributed by atoms with Crippen molar-refractivity contribution in [1.29, 1.82) is 0 Å². The Morgan fingerprint density at radius 3 is 2.38 bits per heavy atom. The van der Waals surface area contributed by atoms with Crippen LogP contribution in [0.1, 0.15) is 77.5 Å². The van der Waals surface area contributed by atoms with Gasteiger partial charge in [-0.1, -0.05) is 45.4 Å². The van der Waals surface area contributed by atoms with Crippen LogP contribution in [0.3, 0.4) is 0 Å². The SMILES string of the molecule is CCC(Cc1c(C(=O)C(C)(C)C)c2cc(OCc3cccc(C)n3)ccn2c1C(=O)c1ccc(Cl)cc1)C(=O)O. The molecule has 0 aliphatic carbocycles. The van der Waals surface area contributed by atoms with Gasteiger partial charge in [0.25, 0.3) is 0 Å². The van der Waals surface area contributed by atoms with Crippen molar-refractivity contribution >= 4 is 34.7 Å². The Morgan fingerprint density at radius 2 is 1.77 bits per heavy atom. The first-order valence-corrected chi connectivity index (χ1v) is 13.6. The number of aryl methyl sites for hydroxylation is 1. The number of aliphatic carboxylic acids is 1. The number of rotatable bonds is 10. The molecular weight excluding hydrogens is 528 g/mol. The van der Waals surface area contributed by atoms with E-state index in [0.29, 0.717) is 39.4 Å². The summed E-state index contributed by atoms with van der Waals surface area (Å²) in [5, 5.41) is 10.4. The van der Waals surface area contributed by atoms with Crippen LogP contribution in [-0.2, 0) is 17.8 Å². The first-order valence-electron chi connectivity index (χ1n) is 13.2. The molecule has 3 heterocycles. The minimum Gasteiger partial charge on any atom is -0.487 e. The Bertz CT molecular complexity index is 1580. The number of carbonyl (C=O) groups excluding carboxylic acids is 2. The average Bonchev–Trinajstić information content (AvgIpc) is 3.22. The van der Waals surface area contributed by atoms with E-state index in [1.54, 1.807) is 53.9 Å². The molecule has 0 saturated carbocycles. The second kappa shape index (κ2) is 11.6. The predicted molar refractivity (Wildman–Crippen MR) is 154 cm³/mol. The van der Waals surface area contributed by atoms with Crippen molar-refractivity contribution in [3.8, 4) is 5.75 Å². The summed E-state index contributed by atoms with van der Waals surface area (Å²) in [5.41, 5.74) is 2.74. The number of fused-ring (bicyclic) bond motifs is 1. The molecule has 1 aromatic carbocycles. The number of aromatic nitrogens is 2. The van der Waals surface area contributed by atoms with E-state index in [9.17, 15) is 19.5 Å². The minimum atomic E-state index is -0.980. The lowest BCUT2D eigenvalue weighted by Crippen LogP contribution is -2.23. The minimum absolute atomic E-state index is 0.0305. The zero-order valence-electron chi connectivity index (χ0n) is 23.3. The monoisotopic (exact) mass is 560 g/mol. The van der Waals surface area contributed by atoms with Crippen LogP contribution in [0.25, 0.3) is 5.52 Å². The van der Waals surface area contributed by atoms with Gasteiger partial charge in [0.1, 0.15) is 12.4 Å². The molecule has 7 nitrogen and oxygen atoms in total. The average molecular weight is 561 g/mol. The molecule has 4 rings (SSSR count). The van der Waals surface area contributed by atoms with Gasteiger partial charge < -0.3 is 14.2 Å². The van der Waals surface area contributed by atoms with E-state index in [0.717, 1.165) is 11.4 Å². The van der Waals surface area contributed by atoms with Gasteiger partial charge in [0.15, 0.2) is 5.78 Å². The highest BCUT2D eigenvalue weighted by atomic mass is 35.5. The van der Waals surface area contributed by atoms with Crippen LogP contribution in [0.2, 0.25) is 5.02 Å². The summed E-state index contributed by atoms with van der Waals surface area (Å²) in [5.74, 6) is -1.77. The number of hydrogen-bond donors (Lipinski definition) is 1. The van der Waals surface area contributed by atoms with E-state index in [1.165, 1.54) is 0 Å². The number of benzene rings is 1. The molecule has 208 valence electrons. The highest BCUT2D eigenvalue weighted by Gasteiger charge is 2.34. The number of ketones is 2. The van der Waals surface area contributed by atoms with Gasteiger partial charge in [-0.15, -0.1) is 0 Å². The van der Waals surface area contributed by atoms with Crippen LogP contribution < -0.4 is 4.74 Å². The van der Waals surface area contributed by atoms with Crippen molar-refractivity contribution < 1.29 is 24.2 Å². The van der Waals surface area contributed by atoms with Gasteiger partial charge in [-0.3, -0.25) is 19.4 Å². The molecule has 8 heteroatoms. The van der Waals surface area contributed by atoms with Crippen molar-refractivity contribution in [2.24, 2.45) is 11.3 Å². The molecule has 0 saturated heterocycles. The van der Waals surface area contributed by atoms with Gasteiger partial charge in [0, 0.05) is 39.5 Å². The first-order chi connectivity index (χ1) is 18.9. The third-order valence-corrected chi connectivity index (χ3v) is 7.12. The number of halogens is 1. The molecule has 0 fully saturated rings. The molecule has 0 amide bonds. The van der Waals surface area contributed by atoms with E-state index in [-0.39, 0.29) is 30.3 Å². The molecular formula is C32H33ClN2O5. The number of nitrogens with zero attached hydrogens (tertiary/aromatic N) is 2. The van der Waals surface area contributed by atoms with E-state index in [4.69, 9.17) is 16.3 Å². The molecule has 1 unspecified atom stereocenters. The van der Waals surface area contributed by atoms with Gasteiger partial charge in [-0.2, -0.15) is 0 Å². The second-order valence-corrected chi connectivity index (χ2v) is 11.4. The largest absolute Gasteiger partial charge is 0.487 e. The van der Waals surface area contributed by atoms with Gasteiger partial charge in [0.05, 0.1) is 22.8 Å². The highest BCUT2D eigenvalue weighted by Crippen LogP contribution is 2.35. The van der Waals surface area contributed by atoms with Crippen LogP contribution >= 0.6 is 11.6 Å². The van der Waals surface area contributed by atoms with Crippen molar-refractivity contribution in [3.63, 3.8) is 0 Å². The second-order valence-electron chi connectivity index (χ2n) is 10.9. The van der Waals surface area contributed by atoms with E-state index < -0.39 is 17.3 Å². The summed E-state index contributed by atoms with van der Waals surface area (Å²) in [7, 11) is 0. The third-order valence-electron chi connectivity index (χ3n) is 6.87. The van der Waals surface area contributed by atoms with Crippen molar-refractivity contribution in [2.75, 3.05) is 0 Å². The first kappa shape index (κ1) is 29.0. The highest BCUT2D eigenvalue weighted by molar-refractivity contribution is 6.30. The smallest absolute Gasteiger partial charge is 0.306 e. The van der Waals surface area contributed by atoms with Gasteiger partial charge in [-0.25, -0.2) is 0 Å². The molecule has 0 bridgehead atoms. The summed E-state index contributed by atoms with van der Waals surface area (Å²) in [6.45, 7) is 9.33. The lowest BCUT2D eigenvalue weighted by atomic mass is 9.82. The van der Waals surface area contributed by atoms with Crippen molar-refractivity contribution in [3.05, 3.63) is 99.6 Å². The Hall–Kier alpha value is -3.97. The molecule has 0 spiro atoms. The predicted octanol–water partition coefficient (Wildman–Crippen LogP) is 6.99. The Balaban J connectivity index is 1.94. The fourth-order valence-corrected chi connectivity index (χ4v) is 4.80. The van der Waals surface area contributed by atoms with E-state index in [1.807, 2.05) is 45.9 Å². The maximum absolute atomic E-state index is 14.0. The lowest BCUT2D eigenvalue weighted by molar-refractivity contribution is -0.141. The summed E-state index contributed by atoms with van der Waals surface area (Å²) in [6.07, 6.45) is 2.07. The number of Topliss-reactive ketones (excluding diaryl/α,β-unsaturated/α-hetero) is 1. The molecule has 1 atom stereocenters. The normalized spacial score (nSPS) is 12.3. The summed E-state index contributed by atoms with van der Waals surface area (Å²) in [4.78, 5) is 44.5. The van der Waals surface area contributed by atoms with Crippen molar-refractivity contribution in [1.82, 2.24) is 9.38 Å². The molecule has 40 heavy (non-hydrogen) atoms. The maximum atomic E-state index is 14.0. The van der Waals surface area contributed by atoms with Crippen molar-refractivity contribution in [2.45, 2.75) is 54.1 Å². The van der Waals surface area contributed by atoms with Gasteiger partial charge in [-0.05, 0) is 67.8 Å². The van der Waals surface area contributed by atoms with Crippen LogP contribution in [0.4, 0.5) is 0 Å². The number of pyridine rings is 2. The quantitative estimate of drug-likeness (QED) is 0.210. The zero-order chi connectivity index (χ0) is 29.2. The van der Waals surface area contributed by atoms with Crippen LogP contribution in [0, 0.1) is 18.3 Å². The fourth-order valence-electron chi connectivity index (χ4n) is 4.68. The Kier molecular flexibility index (Phi) is 8.45. The number of ether oxygens (including phenoxy) is 1. The van der Waals surface area contributed by atoms with Crippen LogP contribution in [0.5, 0.6) is 5.75 Å². The van der Waals surface area contributed by atoms with E-state index in [2.05, 4.69) is 4.98 Å². The molecule has 1 N–H and O–H groups in total. The topological polar surface area (TPSA) is 98.0 Å². The Morgan fingerprint density at radius 1 is 1.07 bits per heavy atom. The molecule has 0 radical (unpaired) electrons. The maximum Gasteiger partial charge on any atom is 0.306 e. The lowest BCUT2D eigenvalue weighted by Gasteiger charge is -2.19. The number of carboxylic acid groups (broad SMARTS) is 1. The van der Waals surface area contributed by atoms with E-state index >= 15 is 0 Å². The standard InChI is InChI=1S/C32H33ClN2O5/c1-6-20(31(38)39)16-25-27(30(37)32(3,4)5)26-17-24(40-18-23-9-7-8-19(2)34-23)14-15-35(26)28(25)29(36)21-10-12-22(33)13-11-21/h7-15,17,20H,6,16,18H2,1-5H3,(H,38,39). The fraction of sp³-hybridized carbons (Fsp3) is 0.312. The van der Waals surface area contributed by atoms with Crippen LogP contribution in [0.15, 0.2) is 60.8 Å². The van der Waals surface area contributed by atoms with Crippen LogP contribution in [-0.4, -0.2) is 32.0 Å². The summed E-state index contributed by atoms with van der Waals surface area (Å²) in [6, 6.07) is 15.7. The third kappa shape index (κ3) is 6.10. The number of hydrogen-bond acceptors (Lipinski definition) is 5. The number of carbonyl (C=O) groups is 3. The number of carboxylic acids is 1. The Labute approximate surface area is 238 Å². The molecule has 0 aliphatic heterocycles. The van der Waals surface area contributed by atoms with Gasteiger partial charge in [0.2, 0.25) is 5.78 Å². The zero-order valence-corrected chi connectivity index (χ0v) is 24.1. The summed E-state index contributed by atoms with van der Waals surface area (Å²) >= 11 is 6.06. The summed E-state index contributed by atoms with van der Waals surface area (Å²) < 4.78 is 7.72. The molecule has 0 aliphatic rings. The molecule has 3 aromatic heterocycles.